The van der Waals surface area contributed by atoms with Gasteiger partial charge in [-0.1, -0.05) is 6.07 Å². The summed E-state index contributed by atoms with van der Waals surface area (Å²) in [6.45, 7) is 0.767. The lowest BCUT2D eigenvalue weighted by Crippen LogP contribution is -2.09. The zero-order valence-corrected chi connectivity index (χ0v) is 11.7. The number of imidazole rings is 1. The van der Waals surface area contributed by atoms with E-state index in [0.717, 1.165) is 34.7 Å². The summed E-state index contributed by atoms with van der Waals surface area (Å²) in [6, 6.07) is 5.93. The molecule has 3 heterocycles. The average Bonchev–Trinajstić information content (AvgIpc) is 2.88. The number of nitrogens with zero attached hydrogens (tertiary/aromatic N) is 4. The highest BCUT2D eigenvalue weighted by molar-refractivity contribution is 9.10. The summed E-state index contributed by atoms with van der Waals surface area (Å²) in [6.07, 6.45) is 8.19. The maximum Gasteiger partial charge on any atom is 0.180 e. The lowest BCUT2D eigenvalue weighted by molar-refractivity contribution is 0.948. The van der Waals surface area contributed by atoms with Crippen LogP contribution < -0.4 is 5.32 Å². The molecular weight excluding hydrogens is 306 g/mol. The molecule has 96 valence electrons. The SMILES string of the molecule is Brc1cn2ccnc2c(NCCc2ccccn2)n1. The van der Waals surface area contributed by atoms with Gasteiger partial charge in [-0.05, 0) is 28.1 Å². The largest absolute Gasteiger partial charge is 0.367 e. The number of hydrogen-bond acceptors (Lipinski definition) is 4. The molecule has 0 aliphatic carbocycles. The highest BCUT2D eigenvalue weighted by atomic mass is 79.9. The molecule has 5 nitrogen and oxygen atoms in total. The first kappa shape index (κ1) is 12.1. The van der Waals surface area contributed by atoms with E-state index in [4.69, 9.17) is 0 Å². The molecule has 0 radical (unpaired) electrons. The molecule has 0 bridgehead atoms. The quantitative estimate of drug-likeness (QED) is 0.803. The summed E-state index contributed by atoms with van der Waals surface area (Å²) < 4.78 is 2.71. The van der Waals surface area contributed by atoms with Crippen LogP contribution in [-0.4, -0.2) is 25.9 Å². The predicted octanol–water partition coefficient (Wildman–Crippen LogP) is 2.54. The van der Waals surface area contributed by atoms with E-state index in [1.54, 1.807) is 12.4 Å². The van der Waals surface area contributed by atoms with Crippen LogP contribution >= 0.6 is 15.9 Å². The highest BCUT2D eigenvalue weighted by Crippen LogP contribution is 2.16. The molecule has 6 heteroatoms. The van der Waals surface area contributed by atoms with E-state index in [0.29, 0.717) is 0 Å². The van der Waals surface area contributed by atoms with Crippen molar-refractivity contribution in [2.45, 2.75) is 6.42 Å². The van der Waals surface area contributed by atoms with Crippen molar-refractivity contribution in [1.29, 1.82) is 0 Å². The molecule has 0 amide bonds. The summed E-state index contributed by atoms with van der Waals surface area (Å²) in [5.74, 6) is 0.773. The highest BCUT2D eigenvalue weighted by Gasteiger charge is 2.05. The number of hydrogen-bond donors (Lipinski definition) is 1. The van der Waals surface area contributed by atoms with Crippen molar-refractivity contribution in [3.8, 4) is 0 Å². The van der Waals surface area contributed by atoms with E-state index in [9.17, 15) is 0 Å². The third-order valence-corrected chi connectivity index (χ3v) is 3.13. The standard InChI is InChI=1S/C13H12BrN5/c14-11-9-19-8-7-17-13(19)12(18-11)16-6-4-10-3-1-2-5-15-10/h1-3,5,7-9H,4,6H2,(H,16,18). The Morgan fingerprint density at radius 2 is 2.16 bits per heavy atom. The lowest BCUT2D eigenvalue weighted by Gasteiger charge is -2.07. The van der Waals surface area contributed by atoms with E-state index < -0.39 is 0 Å². The normalized spacial score (nSPS) is 10.8. The molecule has 0 fully saturated rings. The molecule has 0 spiro atoms. The number of halogens is 1. The molecular formula is C13H12BrN5. The van der Waals surface area contributed by atoms with Crippen molar-refractivity contribution in [2.24, 2.45) is 0 Å². The molecule has 0 unspecified atom stereocenters. The first-order chi connectivity index (χ1) is 9.33. The van der Waals surface area contributed by atoms with Gasteiger partial charge >= 0.3 is 0 Å². The van der Waals surface area contributed by atoms with Gasteiger partial charge in [-0.3, -0.25) is 4.98 Å². The second kappa shape index (κ2) is 5.36. The minimum atomic E-state index is 0.767. The molecule has 0 atom stereocenters. The van der Waals surface area contributed by atoms with Crippen LogP contribution in [0.25, 0.3) is 5.65 Å². The number of rotatable bonds is 4. The molecule has 0 saturated carbocycles. The Hall–Kier alpha value is -1.95. The van der Waals surface area contributed by atoms with Crippen molar-refractivity contribution in [2.75, 3.05) is 11.9 Å². The Morgan fingerprint density at radius 3 is 3.00 bits per heavy atom. The zero-order valence-electron chi connectivity index (χ0n) is 10.1. The smallest absolute Gasteiger partial charge is 0.180 e. The van der Waals surface area contributed by atoms with Gasteiger partial charge in [0.1, 0.15) is 4.60 Å². The van der Waals surface area contributed by atoms with Crippen LogP contribution in [0.15, 0.2) is 47.6 Å². The Labute approximate surface area is 118 Å². The molecule has 3 aromatic heterocycles. The fourth-order valence-electron chi connectivity index (χ4n) is 1.87. The van der Waals surface area contributed by atoms with Crippen molar-refractivity contribution in [1.82, 2.24) is 19.4 Å². The van der Waals surface area contributed by atoms with Gasteiger partial charge in [0.15, 0.2) is 11.5 Å². The van der Waals surface area contributed by atoms with E-state index in [1.165, 1.54) is 0 Å². The number of nitrogens with one attached hydrogen (secondary N) is 1. The Balaban J connectivity index is 1.73. The van der Waals surface area contributed by atoms with Crippen LogP contribution in [-0.2, 0) is 6.42 Å². The van der Waals surface area contributed by atoms with E-state index in [1.807, 2.05) is 35.0 Å². The number of fused-ring (bicyclic) bond motifs is 1. The fraction of sp³-hybridized carbons (Fsp3) is 0.154. The molecule has 0 aliphatic heterocycles. The van der Waals surface area contributed by atoms with E-state index in [2.05, 4.69) is 36.2 Å². The molecule has 3 aromatic rings. The average molecular weight is 318 g/mol. The summed E-state index contributed by atoms with van der Waals surface area (Å²) >= 11 is 3.39. The van der Waals surface area contributed by atoms with E-state index in [-0.39, 0.29) is 0 Å². The van der Waals surface area contributed by atoms with Gasteiger partial charge in [0.25, 0.3) is 0 Å². The maximum atomic E-state index is 4.41. The van der Waals surface area contributed by atoms with Crippen LogP contribution in [0.3, 0.4) is 0 Å². The van der Waals surface area contributed by atoms with Crippen LogP contribution in [0.1, 0.15) is 5.69 Å². The molecule has 19 heavy (non-hydrogen) atoms. The van der Waals surface area contributed by atoms with Gasteiger partial charge in [-0.25, -0.2) is 9.97 Å². The van der Waals surface area contributed by atoms with Crippen molar-refractivity contribution in [3.63, 3.8) is 0 Å². The summed E-state index contributed by atoms with van der Waals surface area (Å²) in [5.41, 5.74) is 1.88. The zero-order chi connectivity index (χ0) is 13.1. The number of pyridine rings is 1. The van der Waals surface area contributed by atoms with Gasteiger partial charge in [0.05, 0.1) is 0 Å². The number of aromatic nitrogens is 4. The van der Waals surface area contributed by atoms with Crippen LogP contribution in [0.2, 0.25) is 0 Å². The maximum absolute atomic E-state index is 4.41. The van der Waals surface area contributed by atoms with Crippen molar-refractivity contribution >= 4 is 27.4 Å². The molecule has 1 N–H and O–H groups in total. The summed E-state index contributed by atoms with van der Waals surface area (Å²) in [5, 5.41) is 3.30. The van der Waals surface area contributed by atoms with Gasteiger partial charge in [0.2, 0.25) is 0 Å². The van der Waals surface area contributed by atoms with E-state index >= 15 is 0 Å². The molecule has 3 rings (SSSR count). The third kappa shape index (κ3) is 2.73. The fourth-order valence-corrected chi connectivity index (χ4v) is 2.27. The van der Waals surface area contributed by atoms with Crippen molar-refractivity contribution < 1.29 is 0 Å². The van der Waals surface area contributed by atoms with Gasteiger partial charge < -0.3 is 9.72 Å². The monoisotopic (exact) mass is 317 g/mol. The Morgan fingerprint density at radius 1 is 1.21 bits per heavy atom. The molecule has 0 aromatic carbocycles. The van der Waals surface area contributed by atoms with Gasteiger partial charge in [0, 0.05) is 43.4 Å². The van der Waals surface area contributed by atoms with Crippen LogP contribution in [0, 0.1) is 0 Å². The minimum absolute atomic E-state index is 0.767. The Bertz CT molecular complexity index is 680. The molecule has 0 aliphatic rings. The first-order valence-electron chi connectivity index (χ1n) is 5.96. The van der Waals surface area contributed by atoms with Gasteiger partial charge in [-0.2, -0.15) is 0 Å². The van der Waals surface area contributed by atoms with Crippen molar-refractivity contribution in [3.05, 3.63) is 53.3 Å². The predicted molar refractivity (Wildman–Crippen MR) is 77.1 cm³/mol. The Kier molecular flexibility index (Phi) is 3.41. The second-order valence-electron chi connectivity index (χ2n) is 4.07. The third-order valence-electron chi connectivity index (χ3n) is 2.74. The first-order valence-corrected chi connectivity index (χ1v) is 6.75. The summed E-state index contributed by atoms with van der Waals surface area (Å²) in [7, 11) is 0. The minimum Gasteiger partial charge on any atom is -0.367 e. The summed E-state index contributed by atoms with van der Waals surface area (Å²) in [4.78, 5) is 13.0. The van der Waals surface area contributed by atoms with Crippen LogP contribution in [0.5, 0.6) is 0 Å². The topological polar surface area (TPSA) is 55.1 Å². The second-order valence-corrected chi connectivity index (χ2v) is 4.88. The lowest BCUT2D eigenvalue weighted by atomic mass is 10.3. The van der Waals surface area contributed by atoms with Gasteiger partial charge in [-0.15, -0.1) is 0 Å². The van der Waals surface area contributed by atoms with Crippen LogP contribution in [0.4, 0.5) is 5.82 Å². The number of anilines is 1. The molecule has 0 saturated heterocycles.